The molecule has 0 heterocycles. The average Bonchev–Trinajstić information content (AvgIpc) is 3.09. The molecule has 0 aromatic heterocycles. The fourth-order valence-corrected chi connectivity index (χ4v) is 2.41. The molecule has 17 heavy (non-hydrogen) atoms. The van der Waals surface area contributed by atoms with Crippen LogP contribution in [-0.2, 0) is 0 Å². The van der Waals surface area contributed by atoms with Gasteiger partial charge in [0.2, 0.25) is 0 Å². The Morgan fingerprint density at radius 3 is 2.65 bits per heavy atom. The second-order valence-corrected chi connectivity index (χ2v) is 6.02. The standard InChI is InChI=1S/C13H16BrClFN/c1-7(8(2)17-9-3-4-9)10-5-6-11(14)12(15)13(10)16/h5-9,17H,3-4H2,1-2H3. The molecule has 0 spiro atoms. The third kappa shape index (κ3) is 3.01. The third-order valence-corrected chi connectivity index (χ3v) is 4.64. The third-order valence-electron chi connectivity index (χ3n) is 3.38. The molecule has 2 unspecified atom stereocenters. The van der Waals surface area contributed by atoms with Crippen LogP contribution in [0.5, 0.6) is 0 Å². The molecule has 94 valence electrons. The molecule has 2 rings (SSSR count). The fourth-order valence-electron chi connectivity index (χ4n) is 1.93. The van der Waals surface area contributed by atoms with Gasteiger partial charge in [-0.05, 0) is 53.2 Å². The van der Waals surface area contributed by atoms with Crippen LogP contribution in [0, 0.1) is 5.82 Å². The SMILES string of the molecule is CC(NC1CC1)C(C)c1ccc(Br)c(Cl)c1F. The summed E-state index contributed by atoms with van der Waals surface area (Å²) < 4.78 is 14.6. The zero-order chi connectivity index (χ0) is 12.6. The second-order valence-electron chi connectivity index (χ2n) is 4.78. The molecule has 1 nitrogen and oxygen atoms in total. The summed E-state index contributed by atoms with van der Waals surface area (Å²) >= 11 is 9.14. The van der Waals surface area contributed by atoms with Crippen LogP contribution >= 0.6 is 27.5 Å². The van der Waals surface area contributed by atoms with E-state index in [0.717, 1.165) is 0 Å². The van der Waals surface area contributed by atoms with Crippen molar-refractivity contribution < 1.29 is 4.39 Å². The lowest BCUT2D eigenvalue weighted by atomic mass is 9.94. The highest BCUT2D eigenvalue weighted by molar-refractivity contribution is 9.10. The minimum Gasteiger partial charge on any atom is -0.311 e. The van der Waals surface area contributed by atoms with Crippen molar-refractivity contribution in [3.8, 4) is 0 Å². The number of benzene rings is 1. The van der Waals surface area contributed by atoms with Crippen LogP contribution in [0.25, 0.3) is 0 Å². The molecule has 1 fully saturated rings. The van der Waals surface area contributed by atoms with E-state index in [1.54, 1.807) is 12.1 Å². The van der Waals surface area contributed by atoms with Crippen LogP contribution in [0.2, 0.25) is 5.02 Å². The van der Waals surface area contributed by atoms with Gasteiger partial charge in [0.05, 0.1) is 5.02 Å². The zero-order valence-electron chi connectivity index (χ0n) is 9.93. The van der Waals surface area contributed by atoms with Crippen LogP contribution in [0.4, 0.5) is 4.39 Å². The molecule has 4 heteroatoms. The maximum Gasteiger partial charge on any atom is 0.146 e. The summed E-state index contributed by atoms with van der Waals surface area (Å²) in [4.78, 5) is 0. The molecule has 0 radical (unpaired) electrons. The van der Waals surface area contributed by atoms with E-state index in [1.165, 1.54) is 12.8 Å². The van der Waals surface area contributed by atoms with Crippen molar-refractivity contribution >= 4 is 27.5 Å². The summed E-state index contributed by atoms with van der Waals surface area (Å²) in [6, 6.07) is 4.50. The van der Waals surface area contributed by atoms with E-state index >= 15 is 0 Å². The Morgan fingerprint density at radius 2 is 2.06 bits per heavy atom. The monoisotopic (exact) mass is 319 g/mol. The topological polar surface area (TPSA) is 12.0 Å². The first-order chi connectivity index (χ1) is 8.00. The molecule has 0 saturated heterocycles. The van der Waals surface area contributed by atoms with Crippen molar-refractivity contribution in [2.24, 2.45) is 0 Å². The summed E-state index contributed by atoms with van der Waals surface area (Å²) in [6.07, 6.45) is 2.47. The lowest BCUT2D eigenvalue weighted by Crippen LogP contribution is -2.33. The lowest BCUT2D eigenvalue weighted by molar-refractivity contribution is 0.462. The number of rotatable bonds is 4. The van der Waals surface area contributed by atoms with Gasteiger partial charge >= 0.3 is 0 Å². The minimum atomic E-state index is -0.307. The van der Waals surface area contributed by atoms with Gasteiger partial charge in [-0.2, -0.15) is 0 Å². The minimum absolute atomic E-state index is 0.112. The van der Waals surface area contributed by atoms with Gasteiger partial charge in [0.15, 0.2) is 0 Å². The van der Waals surface area contributed by atoms with E-state index in [4.69, 9.17) is 11.6 Å². The van der Waals surface area contributed by atoms with Gasteiger partial charge in [-0.15, -0.1) is 0 Å². The normalized spacial score (nSPS) is 19.1. The number of hydrogen-bond acceptors (Lipinski definition) is 1. The van der Waals surface area contributed by atoms with Crippen LogP contribution in [0.3, 0.4) is 0 Å². The highest BCUT2D eigenvalue weighted by Crippen LogP contribution is 2.33. The largest absolute Gasteiger partial charge is 0.311 e. The quantitative estimate of drug-likeness (QED) is 0.806. The maximum atomic E-state index is 14.0. The van der Waals surface area contributed by atoms with E-state index in [9.17, 15) is 4.39 Å². The molecule has 0 bridgehead atoms. The van der Waals surface area contributed by atoms with Crippen molar-refractivity contribution in [1.82, 2.24) is 5.32 Å². The zero-order valence-corrected chi connectivity index (χ0v) is 12.3. The van der Waals surface area contributed by atoms with E-state index in [-0.39, 0.29) is 22.8 Å². The summed E-state index contributed by atoms with van der Waals surface area (Å²) in [5.74, 6) is -0.195. The number of nitrogens with one attached hydrogen (secondary N) is 1. The van der Waals surface area contributed by atoms with Crippen molar-refractivity contribution in [3.05, 3.63) is 33.0 Å². The van der Waals surface area contributed by atoms with Gasteiger partial charge in [0.25, 0.3) is 0 Å². The van der Waals surface area contributed by atoms with E-state index in [0.29, 0.717) is 16.1 Å². The molecule has 1 aromatic carbocycles. The highest BCUT2D eigenvalue weighted by Gasteiger charge is 2.27. The smallest absolute Gasteiger partial charge is 0.146 e. The van der Waals surface area contributed by atoms with Crippen LogP contribution in [-0.4, -0.2) is 12.1 Å². The number of halogens is 3. The first-order valence-corrected chi connectivity index (χ1v) is 7.07. The summed E-state index contributed by atoms with van der Waals surface area (Å²) in [5.41, 5.74) is 0.679. The molecule has 1 aliphatic carbocycles. The van der Waals surface area contributed by atoms with E-state index in [1.807, 2.05) is 6.92 Å². The molecule has 1 aromatic rings. The Kier molecular flexibility index (Phi) is 4.11. The van der Waals surface area contributed by atoms with Gasteiger partial charge in [-0.1, -0.05) is 24.6 Å². The van der Waals surface area contributed by atoms with Gasteiger partial charge in [0.1, 0.15) is 5.82 Å². The molecule has 0 aliphatic heterocycles. The highest BCUT2D eigenvalue weighted by atomic mass is 79.9. The molecule has 1 aliphatic rings. The Bertz CT molecular complexity index is 420. The predicted octanol–water partition coefficient (Wildman–Crippen LogP) is 4.49. The molecular weight excluding hydrogens is 305 g/mol. The molecular formula is C13H16BrClFN. The first-order valence-electron chi connectivity index (χ1n) is 5.90. The summed E-state index contributed by atoms with van der Waals surface area (Å²) in [7, 11) is 0. The maximum absolute atomic E-state index is 14.0. The van der Waals surface area contributed by atoms with Crippen LogP contribution in [0.1, 0.15) is 38.2 Å². The van der Waals surface area contributed by atoms with Gasteiger partial charge < -0.3 is 5.32 Å². The predicted molar refractivity (Wildman–Crippen MR) is 73.1 cm³/mol. The Balaban J connectivity index is 2.17. The van der Waals surface area contributed by atoms with Crippen molar-refractivity contribution in [3.63, 3.8) is 0 Å². The first kappa shape index (κ1) is 13.3. The Labute approximate surface area is 115 Å². The van der Waals surface area contributed by atoms with Gasteiger partial charge in [-0.25, -0.2) is 4.39 Å². The summed E-state index contributed by atoms with van der Waals surface area (Å²) in [6.45, 7) is 4.13. The number of hydrogen-bond donors (Lipinski definition) is 1. The van der Waals surface area contributed by atoms with Gasteiger partial charge in [-0.3, -0.25) is 0 Å². The fraction of sp³-hybridized carbons (Fsp3) is 0.538. The van der Waals surface area contributed by atoms with Crippen molar-refractivity contribution in [2.75, 3.05) is 0 Å². The molecule has 1 saturated carbocycles. The molecule has 2 atom stereocenters. The lowest BCUT2D eigenvalue weighted by Gasteiger charge is -2.22. The Hall–Kier alpha value is -0.120. The van der Waals surface area contributed by atoms with Crippen molar-refractivity contribution in [2.45, 2.75) is 44.7 Å². The van der Waals surface area contributed by atoms with Crippen LogP contribution < -0.4 is 5.32 Å². The van der Waals surface area contributed by atoms with Gasteiger partial charge in [0, 0.05) is 16.6 Å². The van der Waals surface area contributed by atoms with E-state index in [2.05, 4.69) is 28.2 Å². The second kappa shape index (κ2) is 5.25. The molecule has 0 amide bonds. The van der Waals surface area contributed by atoms with E-state index < -0.39 is 0 Å². The molecule has 1 N–H and O–H groups in total. The Morgan fingerprint density at radius 1 is 1.41 bits per heavy atom. The van der Waals surface area contributed by atoms with Crippen molar-refractivity contribution in [1.29, 1.82) is 0 Å². The summed E-state index contributed by atoms with van der Waals surface area (Å²) in [5, 5.41) is 3.67. The van der Waals surface area contributed by atoms with Crippen LogP contribution in [0.15, 0.2) is 16.6 Å². The average molecular weight is 321 g/mol.